The van der Waals surface area contributed by atoms with Crippen molar-refractivity contribution in [3.8, 4) is 11.6 Å². The van der Waals surface area contributed by atoms with Gasteiger partial charge < -0.3 is 14.8 Å². The molecule has 2 heterocycles. The molecule has 7 heteroatoms. The molecule has 6 nitrogen and oxygen atoms in total. The first-order valence-electron chi connectivity index (χ1n) is 9.61. The lowest BCUT2D eigenvalue weighted by atomic mass is 10.1. The Labute approximate surface area is 175 Å². The zero-order chi connectivity index (χ0) is 19.9. The Bertz CT molecular complexity index is 916. The summed E-state index contributed by atoms with van der Waals surface area (Å²) in [5.41, 5.74) is 3.34. The Morgan fingerprint density at radius 1 is 1.07 bits per heavy atom. The topological polar surface area (TPSA) is 59.5 Å². The van der Waals surface area contributed by atoms with E-state index in [9.17, 15) is 0 Å². The van der Waals surface area contributed by atoms with Crippen molar-refractivity contribution < 1.29 is 9.47 Å². The van der Waals surface area contributed by atoms with E-state index in [2.05, 4.69) is 26.3 Å². The molecule has 1 aromatic heterocycles. The Hall–Kier alpha value is -2.67. The van der Waals surface area contributed by atoms with Crippen LogP contribution in [0.25, 0.3) is 0 Å². The number of aromatic nitrogens is 2. The third-order valence-electron chi connectivity index (χ3n) is 4.73. The normalized spacial score (nSPS) is 14.5. The van der Waals surface area contributed by atoms with Gasteiger partial charge in [-0.3, -0.25) is 9.88 Å². The van der Waals surface area contributed by atoms with Crippen LogP contribution in [0.5, 0.6) is 11.6 Å². The fourth-order valence-corrected chi connectivity index (χ4v) is 3.32. The molecule has 0 saturated carbocycles. The number of nitrogens with zero attached hydrogens (tertiary/aromatic N) is 3. The van der Waals surface area contributed by atoms with Gasteiger partial charge in [-0.15, -0.1) is 0 Å². The zero-order valence-electron chi connectivity index (χ0n) is 16.1. The van der Waals surface area contributed by atoms with Crippen LogP contribution in [-0.2, 0) is 17.8 Å². The van der Waals surface area contributed by atoms with Crippen LogP contribution in [0.3, 0.4) is 0 Å². The van der Waals surface area contributed by atoms with E-state index in [1.165, 1.54) is 0 Å². The van der Waals surface area contributed by atoms with Crippen LogP contribution in [0.15, 0.2) is 61.1 Å². The van der Waals surface area contributed by atoms with Gasteiger partial charge in [-0.25, -0.2) is 4.98 Å². The van der Waals surface area contributed by atoms with Crippen molar-refractivity contribution in [2.45, 2.75) is 13.1 Å². The highest BCUT2D eigenvalue weighted by Gasteiger charge is 2.13. The van der Waals surface area contributed by atoms with Crippen LogP contribution in [0, 0.1) is 0 Å². The van der Waals surface area contributed by atoms with Gasteiger partial charge in [0, 0.05) is 49.3 Å². The van der Waals surface area contributed by atoms with Crippen molar-refractivity contribution in [2.24, 2.45) is 0 Å². The van der Waals surface area contributed by atoms with E-state index in [-0.39, 0.29) is 0 Å². The molecule has 29 heavy (non-hydrogen) atoms. The molecule has 150 valence electrons. The van der Waals surface area contributed by atoms with Gasteiger partial charge in [-0.1, -0.05) is 23.7 Å². The van der Waals surface area contributed by atoms with Crippen LogP contribution in [-0.4, -0.2) is 41.2 Å². The van der Waals surface area contributed by atoms with Crippen LogP contribution < -0.4 is 10.1 Å². The molecule has 0 unspecified atom stereocenters. The molecule has 0 radical (unpaired) electrons. The molecule has 3 aromatic rings. The van der Waals surface area contributed by atoms with Crippen LogP contribution >= 0.6 is 11.6 Å². The lowest BCUT2D eigenvalue weighted by Gasteiger charge is -2.27. The van der Waals surface area contributed by atoms with Crippen molar-refractivity contribution in [3.63, 3.8) is 0 Å². The Morgan fingerprint density at radius 3 is 2.66 bits per heavy atom. The van der Waals surface area contributed by atoms with Crippen LogP contribution in [0.1, 0.15) is 11.1 Å². The van der Waals surface area contributed by atoms with Crippen molar-refractivity contribution >= 4 is 17.3 Å². The van der Waals surface area contributed by atoms with E-state index >= 15 is 0 Å². The fraction of sp³-hybridized carbons (Fsp3) is 0.273. The highest BCUT2D eigenvalue weighted by atomic mass is 35.5. The van der Waals surface area contributed by atoms with Gasteiger partial charge in [0.15, 0.2) is 0 Å². The number of ether oxygens (including phenoxy) is 2. The first-order chi connectivity index (χ1) is 14.3. The molecule has 1 saturated heterocycles. The molecule has 0 atom stereocenters. The summed E-state index contributed by atoms with van der Waals surface area (Å²) in [4.78, 5) is 10.5. The minimum Gasteiger partial charge on any atom is -0.438 e. The molecule has 0 spiro atoms. The molecule has 1 N–H and O–H groups in total. The molecule has 0 bridgehead atoms. The second-order valence-electron chi connectivity index (χ2n) is 6.84. The van der Waals surface area contributed by atoms with Gasteiger partial charge >= 0.3 is 0 Å². The Balaban J connectivity index is 1.34. The number of rotatable bonds is 7. The number of benzene rings is 2. The highest BCUT2D eigenvalue weighted by Crippen LogP contribution is 2.24. The van der Waals surface area contributed by atoms with E-state index in [0.29, 0.717) is 12.4 Å². The van der Waals surface area contributed by atoms with Crippen molar-refractivity contribution in [3.05, 3.63) is 77.2 Å². The molecular formula is C22H23ClN4O2. The molecule has 0 aliphatic carbocycles. The third-order valence-corrected chi connectivity index (χ3v) is 5.09. The first kappa shape index (κ1) is 19.6. The van der Waals surface area contributed by atoms with Crippen molar-refractivity contribution in [1.29, 1.82) is 0 Å². The van der Waals surface area contributed by atoms with E-state index in [0.717, 1.165) is 60.4 Å². The molecule has 1 fully saturated rings. The highest BCUT2D eigenvalue weighted by molar-refractivity contribution is 6.31. The fourth-order valence-electron chi connectivity index (χ4n) is 3.14. The summed E-state index contributed by atoms with van der Waals surface area (Å²) in [7, 11) is 0. The monoisotopic (exact) mass is 410 g/mol. The summed E-state index contributed by atoms with van der Waals surface area (Å²) in [6, 6.07) is 14.0. The van der Waals surface area contributed by atoms with E-state index in [1.807, 2.05) is 36.4 Å². The first-order valence-corrected chi connectivity index (χ1v) is 9.99. The van der Waals surface area contributed by atoms with Gasteiger partial charge in [-0.2, -0.15) is 0 Å². The summed E-state index contributed by atoms with van der Waals surface area (Å²) >= 11 is 6.41. The molecule has 2 aromatic carbocycles. The number of hydrogen-bond donors (Lipinski definition) is 1. The van der Waals surface area contributed by atoms with Gasteiger partial charge in [0.1, 0.15) is 5.75 Å². The van der Waals surface area contributed by atoms with Gasteiger partial charge in [-0.05, 0) is 41.5 Å². The lowest BCUT2D eigenvalue weighted by molar-refractivity contribution is 0.0342. The van der Waals surface area contributed by atoms with Crippen molar-refractivity contribution in [2.75, 3.05) is 31.6 Å². The van der Waals surface area contributed by atoms with Crippen molar-refractivity contribution in [1.82, 2.24) is 14.9 Å². The van der Waals surface area contributed by atoms with E-state index < -0.39 is 0 Å². The second-order valence-corrected chi connectivity index (χ2v) is 7.25. The van der Waals surface area contributed by atoms with Gasteiger partial charge in [0.25, 0.3) is 0 Å². The largest absolute Gasteiger partial charge is 0.438 e. The van der Waals surface area contributed by atoms with Crippen LogP contribution in [0.2, 0.25) is 5.02 Å². The van der Waals surface area contributed by atoms with Crippen LogP contribution in [0.4, 0.5) is 5.69 Å². The Kier molecular flexibility index (Phi) is 6.56. The maximum Gasteiger partial charge on any atom is 0.237 e. The summed E-state index contributed by atoms with van der Waals surface area (Å²) in [6.45, 7) is 5.00. The second kappa shape index (κ2) is 9.69. The molecule has 1 aliphatic heterocycles. The van der Waals surface area contributed by atoms with E-state index in [1.54, 1.807) is 18.6 Å². The summed E-state index contributed by atoms with van der Waals surface area (Å²) in [5, 5.41) is 4.27. The standard InChI is InChI=1S/C22H23ClN4O2/c23-21-6-3-19(13-18(21)16-27-9-11-28-12-10-27)26-14-17-1-4-20(5-2-17)29-22-15-24-7-8-25-22/h1-8,13,15,26H,9-12,14,16H2. The number of hydrogen-bond acceptors (Lipinski definition) is 6. The number of nitrogens with one attached hydrogen (secondary N) is 1. The number of halogens is 1. The lowest BCUT2D eigenvalue weighted by Crippen LogP contribution is -2.35. The maximum atomic E-state index is 6.41. The predicted octanol–water partition coefficient (Wildman–Crippen LogP) is 4.37. The summed E-state index contributed by atoms with van der Waals surface area (Å²) in [6.07, 6.45) is 4.81. The third kappa shape index (κ3) is 5.67. The molecule has 1 aliphatic rings. The summed E-state index contributed by atoms with van der Waals surface area (Å²) in [5.74, 6) is 1.21. The average molecular weight is 411 g/mol. The zero-order valence-corrected chi connectivity index (χ0v) is 16.8. The summed E-state index contributed by atoms with van der Waals surface area (Å²) < 4.78 is 11.1. The minimum atomic E-state index is 0.479. The quantitative estimate of drug-likeness (QED) is 0.624. The molecule has 4 rings (SSSR count). The molecule has 0 amide bonds. The van der Waals surface area contributed by atoms with E-state index in [4.69, 9.17) is 21.1 Å². The maximum absolute atomic E-state index is 6.41. The smallest absolute Gasteiger partial charge is 0.237 e. The SMILES string of the molecule is Clc1ccc(NCc2ccc(Oc3cnccn3)cc2)cc1CN1CCOCC1. The molecular weight excluding hydrogens is 388 g/mol. The number of morpholine rings is 1. The number of anilines is 1. The minimum absolute atomic E-state index is 0.479. The Morgan fingerprint density at radius 2 is 1.90 bits per heavy atom. The van der Waals surface area contributed by atoms with Gasteiger partial charge in [0.05, 0.1) is 19.4 Å². The average Bonchev–Trinajstić information content (AvgIpc) is 2.77. The predicted molar refractivity (Wildman–Crippen MR) is 113 cm³/mol. The van der Waals surface area contributed by atoms with Gasteiger partial charge in [0.2, 0.25) is 5.88 Å².